The van der Waals surface area contributed by atoms with Crippen LogP contribution in [-0.4, -0.2) is 37.2 Å². The van der Waals surface area contributed by atoms with Crippen LogP contribution < -0.4 is 10.5 Å². The van der Waals surface area contributed by atoms with E-state index in [-0.39, 0.29) is 23.9 Å². The van der Waals surface area contributed by atoms with Gasteiger partial charge in [-0.05, 0) is 24.1 Å². The smallest absolute Gasteiger partial charge is 0.200 e. The number of para-hydroxylation sites is 1. The number of aromatic amines is 1. The predicted molar refractivity (Wildman–Crippen MR) is 99.6 cm³/mol. The fourth-order valence-corrected chi connectivity index (χ4v) is 3.60. The quantitative estimate of drug-likeness (QED) is 0.413. The number of allylic oxidation sites excluding steroid dienone is 2. The van der Waals surface area contributed by atoms with Crippen LogP contribution in [-0.2, 0) is 17.4 Å². The van der Waals surface area contributed by atoms with Gasteiger partial charge in [0, 0.05) is 30.1 Å². The number of nitrogens with two attached hydrogens (primary N) is 1. The van der Waals surface area contributed by atoms with Crippen molar-refractivity contribution >= 4 is 27.8 Å². The molecule has 1 aliphatic rings. The molecule has 132 valence electrons. The van der Waals surface area contributed by atoms with Crippen molar-refractivity contribution < 1.29 is 14.4 Å². The van der Waals surface area contributed by atoms with Gasteiger partial charge in [0.05, 0.1) is 5.25 Å². The minimum Gasteiger partial charge on any atom is -0.508 e. The summed E-state index contributed by atoms with van der Waals surface area (Å²) in [6.07, 6.45) is 5.64. The van der Waals surface area contributed by atoms with Gasteiger partial charge in [0.15, 0.2) is 5.76 Å². The molecule has 8 heteroatoms. The maximum atomic E-state index is 12.2. The number of nitrogens with one attached hydrogen (secondary N) is 2. The molecule has 1 aliphatic carbocycles. The number of hydrogen-bond donors (Lipinski definition) is 5. The summed E-state index contributed by atoms with van der Waals surface area (Å²) < 4.78 is 14.8. The van der Waals surface area contributed by atoms with Gasteiger partial charge in [-0.15, -0.1) is 0 Å². The van der Waals surface area contributed by atoms with E-state index in [0.29, 0.717) is 13.0 Å². The summed E-state index contributed by atoms with van der Waals surface area (Å²) in [5, 5.41) is 19.5. The standard InChI is InChI=1S/C17H20N4O3S/c18-17(21-25(24)12-5-6-15(22)16(23)9-12)19-8-7-11-10-20-14-4-2-1-3-13(11)14/h1-6,10,12,20,22-23H,7-9H2,(H3,18,19,21). The van der Waals surface area contributed by atoms with E-state index in [9.17, 15) is 14.4 Å². The molecule has 2 aromatic rings. The van der Waals surface area contributed by atoms with Crippen molar-refractivity contribution in [3.8, 4) is 0 Å². The molecule has 0 saturated carbocycles. The monoisotopic (exact) mass is 360 g/mol. The molecule has 0 fully saturated rings. The molecule has 2 unspecified atom stereocenters. The Labute approximate surface area is 147 Å². The van der Waals surface area contributed by atoms with Crippen LogP contribution in [0.5, 0.6) is 0 Å². The van der Waals surface area contributed by atoms with Crippen LogP contribution in [0.25, 0.3) is 10.9 Å². The summed E-state index contributed by atoms with van der Waals surface area (Å²) in [6.45, 7) is 0.463. The lowest BCUT2D eigenvalue weighted by Gasteiger charge is -2.16. The molecule has 25 heavy (non-hydrogen) atoms. The number of aliphatic imine (C=N–C) groups is 1. The van der Waals surface area contributed by atoms with Crippen LogP contribution in [0.2, 0.25) is 0 Å². The number of aliphatic hydroxyl groups is 2. The number of benzene rings is 1. The summed E-state index contributed by atoms with van der Waals surface area (Å²) in [6, 6.07) is 8.03. The molecule has 0 amide bonds. The largest absolute Gasteiger partial charge is 0.508 e. The third-order valence-corrected chi connectivity index (χ3v) is 5.26. The van der Waals surface area contributed by atoms with Crippen LogP contribution in [0.1, 0.15) is 12.0 Å². The normalized spacial score (nSPS) is 19.4. The Hall–Kier alpha value is -2.74. The van der Waals surface area contributed by atoms with Gasteiger partial charge >= 0.3 is 0 Å². The highest BCUT2D eigenvalue weighted by Gasteiger charge is 2.21. The van der Waals surface area contributed by atoms with E-state index in [0.717, 1.165) is 16.5 Å². The molecule has 0 saturated heterocycles. The van der Waals surface area contributed by atoms with Crippen LogP contribution in [0.3, 0.4) is 0 Å². The molecular formula is C17H20N4O3S. The van der Waals surface area contributed by atoms with Gasteiger partial charge in [-0.2, -0.15) is 0 Å². The third kappa shape index (κ3) is 4.03. The second kappa shape index (κ2) is 7.43. The summed E-state index contributed by atoms with van der Waals surface area (Å²) in [4.78, 5) is 7.41. The lowest BCUT2D eigenvalue weighted by Crippen LogP contribution is -2.38. The zero-order valence-corrected chi connectivity index (χ0v) is 14.3. The maximum absolute atomic E-state index is 12.2. The van der Waals surface area contributed by atoms with Gasteiger partial charge < -0.3 is 20.9 Å². The second-order valence-corrected chi connectivity index (χ2v) is 7.11. The Balaban J connectivity index is 1.54. The highest BCUT2D eigenvalue weighted by molar-refractivity contribution is 7.84. The Kier molecular flexibility index (Phi) is 5.08. The average Bonchev–Trinajstić information content (AvgIpc) is 3.00. The molecule has 0 spiro atoms. The zero-order chi connectivity index (χ0) is 17.8. The van der Waals surface area contributed by atoms with Gasteiger partial charge in [-0.3, -0.25) is 9.71 Å². The summed E-state index contributed by atoms with van der Waals surface area (Å²) >= 11 is 0. The van der Waals surface area contributed by atoms with Crippen molar-refractivity contribution in [1.29, 1.82) is 0 Å². The first-order chi connectivity index (χ1) is 12.0. The van der Waals surface area contributed by atoms with Crippen LogP contribution in [0.15, 0.2) is 59.1 Å². The van der Waals surface area contributed by atoms with Crippen molar-refractivity contribution in [2.75, 3.05) is 6.54 Å². The van der Waals surface area contributed by atoms with E-state index in [1.54, 1.807) is 6.08 Å². The minimum absolute atomic E-state index is 0.0878. The Morgan fingerprint density at radius 3 is 3.00 bits per heavy atom. The molecule has 0 radical (unpaired) electrons. The highest BCUT2D eigenvalue weighted by Crippen LogP contribution is 2.19. The van der Waals surface area contributed by atoms with Crippen molar-refractivity contribution in [1.82, 2.24) is 9.71 Å². The summed E-state index contributed by atoms with van der Waals surface area (Å²) in [5.41, 5.74) is 8.01. The van der Waals surface area contributed by atoms with Gasteiger partial charge in [0.1, 0.15) is 16.7 Å². The van der Waals surface area contributed by atoms with E-state index in [1.807, 2.05) is 30.5 Å². The average molecular weight is 360 g/mol. The van der Waals surface area contributed by atoms with Gasteiger partial charge in [-0.25, -0.2) is 4.21 Å². The van der Waals surface area contributed by atoms with E-state index in [4.69, 9.17) is 5.73 Å². The number of aliphatic hydroxyl groups excluding tert-OH is 2. The highest BCUT2D eigenvalue weighted by atomic mass is 32.2. The molecule has 1 heterocycles. The van der Waals surface area contributed by atoms with Crippen molar-refractivity contribution in [3.05, 3.63) is 59.7 Å². The topological polar surface area (TPSA) is 124 Å². The number of aromatic nitrogens is 1. The Morgan fingerprint density at radius 1 is 1.40 bits per heavy atom. The van der Waals surface area contributed by atoms with E-state index >= 15 is 0 Å². The first-order valence-corrected chi connectivity index (χ1v) is 9.07. The molecule has 6 N–H and O–H groups in total. The molecule has 1 aromatic heterocycles. The van der Waals surface area contributed by atoms with Gasteiger partial charge in [0.25, 0.3) is 0 Å². The molecule has 0 bridgehead atoms. The first kappa shape index (κ1) is 17.1. The third-order valence-electron chi connectivity index (χ3n) is 3.98. The zero-order valence-electron chi connectivity index (χ0n) is 13.5. The van der Waals surface area contributed by atoms with E-state index in [2.05, 4.69) is 14.7 Å². The molecule has 0 aliphatic heterocycles. The van der Waals surface area contributed by atoms with Crippen LogP contribution >= 0.6 is 0 Å². The van der Waals surface area contributed by atoms with Gasteiger partial charge in [0.2, 0.25) is 5.96 Å². The minimum atomic E-state index is -1.54. The first-order valence-electron chi connectivity index (χ1n) is 7.86. The predicted octanol–water partition coefficient (Wildman–Crippen LogP) is 1.93. The SMILES string of the molecule is NC(=NCCc1c[nH]c2ccccc12)NS(=O)C1C=CC(O)=C(O)C1. The number of H-pyrrole nitrogens is 1. The number of fused-ring (bicyclic) bond motifs is 1. The van der Waals surface area contributed by atoms with E-state index in [1.165, 1.54) is 6.08 Å². The maximum Gasteiger partial charge on any atom is 0.200 e. The number of guanidine groups is 1. The van der Waals surface area contributed by atoms with Crippen molar-refractivity contribution in [2.24, 2.45) is 10.7 Å². The fourth-order valence-electron chi connectivity index (χ4n) is 2.65. The molecule has 7 nitrogen and oxygen atoms in total. The van der Waals surface area contributed by atoms with Crippen LogP contribution in [0.4, 0.5) is 0 Å². The Morgan fingerprint density at radius 2 is 2.20 bits per heavy atom. The van der Waals surface area contributed by atoms with Crippen LogP contribution in [0, 0.1) is 0 Å². The lowest BCUT2D eigenvalue weighted by molar-refractivity contribution is 0.320. The van der Waals surface area contributed by atoms with Crippen molar-refractivity contribution in [2.45, 2.75) is 18.1 Å². The van der Waals surface area contributed by atoms with Gasteiger partial charge in [-0.1, -0.05) is 24.3 Å². The summed E-state index contributed by atoms with van der Waals surface area (Å²) in [7, 11) is -1.54. The molecule has 1 aromatic carbocycles. The van der Waals surface area contributed by atoms with Crippen molar-refractivity contribution in [3.63, 3.8) is 0 Å². The Bertz CT molecular complexity index is 885. The number of rotatable bonds is 5. The number of nitrogens with zero attached hydrogens (tertiary/aromatic N) is 1. The molecular weight excluding hydrogens is 340 g/mol. The van der Waals surface area contributed by atoms with E-state index < -0.39 is 16.2 Å². The molecule has 3 rings (SSSR count). The fraction of sp³-hybridized carbons (Fsp3) is 0.235. The lowest BCUT2D eigenvalue weighted by atomic mass is 10.1. The number of hydrogen-bond acceptors (Lipinski definition) is 4. The second-order valence-electron chi connectivity index (χ2n) is 5.71. The molecule has 2 atom stereocenters. The summed E-state index contributed by atoms with van der Waals surface area (Å²) in [5.74, 6) is -0.295.